The second-order valence-corrected chi connectivity index (χ2v) is 0. The molecule has 0 amide bonds. The Morgan fingerprint density at radius 1 is 0.455 bits per heavy atom. The quantitative estimate of drug-likeness (QED) is 0.302. The van der Waals surface area contributed by atoms with Crippen LogP contribution in [0.2, 0.25) is 0 Å². The van der Waals surface area contributed by atoms with Gasteiger partial charge in [0.2, 0.25) is 0 Å². The van der Waals surface area contributed by atoms with Crippen LogP contribution in [0, 0.1) is 83.5 Å². The normalized spacial score (nSPS) is 0. The van der Waals surface area contributed by atoms with E-state index in [0.717, 1.165) is 0 Å². The molecule has 0 bridgehead atoms. The molecule has 6 radical (unpaired) electrons. The minimum Gasteiger partial charge on any atom is -2.00 e. The maximum absolute atomic E-state index is 0. The maximum Gasteiger partial charge on any atom is 3.00 e. The van der Waals surface area contributed by atoms with E-state index in [1.807, 2.05) is 0 Å². The molecule has 0 aromatic heterocycles. The monoisotopic (exact) mass is 767 g/mol. The Kier molecular flexibility index (Phi) is 1060. The molecule has 0 fully saturated rings. The van der Waals surface area contributed by atoms with Gasteiger partial charge in [0.25, 0.3) is 0 Å². The standard InChI is InChI=1S/2Ag.2Ce.2Mn.2Ni.3O/q;;2*+3;;;;;3*-2. The van der Waals surface area contributed by atoms with Crippen molar-refractivity contribution in [3.05, 3.63) is 0 Å². The van der Waals surface area contributed by atoms with Crippen LogP contribution in [0.5, 0.6) is 0 Å². The largest absolute Gasteiger partial charge is 3.00 e. The smallest absolute Gasteiger partial charge is 2.00 e. The molecule has 0 saturated heterocycles. The van der Waals surface area contributed by atoms with Crippen molar-refractivity contribution in [1.82, 2.24) is 0 Å². The van der Waals surface area contributed by atoms with Gasteiger partial charge in [0.05, 0.1) is 0 Å². The van der Waals surface area contributed by atoms with Crippen molar-refractivity contribution in [2.75, 3.05) is 0 Å². The average Bonchev–Trinajstić information content (AvgIpc) is 0. The van der Waals surface area contributed by atoms with Crippen LogP contribution in [-0.4, -0.2) is 0 Å². The third-order valence-electron chi connectivity index (χ3n) is 0. The minimum atomic E-state index is 0. The Morgan fingerprint density at radius 3 is 0.455 bits per heavy atom. The molecule has 11 heavy (non-hydrogen) atoms. The van der Waals surface area contributed by atoms with Crippen molar-refractivity contribution in [2.24, 2.45) is 0 Å². The van der Waals surface area contributed by atoms with Crippen molar-refractivity contribution < 1.29 is 212 Å². The maximum atomic E-state index is 0. The Hall–Kier alpha value is 6.14. The second kappa shape index (κ2) is 98.1. The van der Waals surface area contributed by atoms with Gasteiger partial charge >= 0.3 is 83.5 Å². The van der Waals surface area contributed by atoms with E-state index in [-0.39, 0.29) is 212 Å². The van der Waals surface area contributed by atoms with Crippen LogP contribution in [0.4, 0.5) is 0 Å². The summed E-state index contributed by atoms with van der Waals surface area (Å²) in [5.41, 5.74) is 0. The SMILES string of the molecule is [Ag].[Ag].[Ce+3].[Ce+3].[Mn].[Mn].[Ni].[Ni].[O-2].[O-2].[O-2]. The predicted molar refractivity (Wildman–Crippen MR) is 2.06 cm³/mol. The Labute approximate surface area is 206 Å². The van der Waals surface area contributed by atoms with E-state index in [1.165, 1.54) is 0 Å². The van der Waals surface area contributed by atoms with Crippen LogP contribution in [0.15, 0.2) is 0 Å². The van der Waals surface area contributed by atoms with Gasteiger partial charge < -0.3 is 16.4 Å². The molecular formula is Ag2Ce2Mn2Ni2O3. The number of rotatable bonds is 0. The Balaban J connectivity index is 0. The topological polar surface area (TPSA) is 85.5 Å². The molecule has 11 heteroatoms. The summed E-state index contributed by atoms with van der Waals surface area (Å²) in [6.07, 6.45) is 0. The summed E-state index contributed by atoms with van der Waals surface area (Å²) in [6, 6.07) is 0. The molecule has 0 aromatic rings. The second-order valence-electron chi connectivity index (χ2n) is 0. The first-order valence-electron chi connectivity index (χ1n) is 0. The molecular weight excluding hydrogens is 771 g/mol. The van der Waals surface area contributed by atoms with Crippen molar-refractivity contribution in [3.63, 3.8) is 0 Å². The summed E-state index contributed by atoms with van der Waals surface area (Å²) >= 11 is 0. The zero-order valence-electron chi connectivity index (χ0n) is 4.22. The first-order chi connectivity index (χ1) is 0. The molecule has 0 aromatic carbocycles. The molecule has 82 valence electrons. The van der Waals surface area contributed by atoms with Gasteiger partial charge in [-0.3, -0.25) is 0 Å². The van der Waals surface area contributed by atoms with Crippen molar-refractivity contribution in [1.29, 1.82) is 0 Å². The minimum absolute atomic E-state index is 0. The van der Waals surface area contributed by atoms with Gasteiger partial charge in [-0.25, -0.2) is 0 Å². The van der Waals surface area contributed by atoms with Gasteiger partial charge in [-0.15, -0.1) is 0 Å². The van der Waals surface area contributed by atoms with Crippen LogP contribution in [0.3, 0.4) is 0 Å². The van der Waals surface area contributed by atoms with E-state index in [0.29, 0.717) is 0 Å². The molecule has 0 aliphatic carbocycles. The van der Waals surface area contributed by atoms with Crippen LogP contribution in [0.25, 0.3) is 0 Å². The van der Waals surface area contributed by atoms with E-state index >= 15 is 0 Å². The van der Waals surface area contributed by atoms with Crippen LogP contribution in [0.1, 0.15) is 0 Å². The zero-order valence-corrected chi connectivity index (χ0v) is 17.8. The fourth-order valence-corrected chi connectivity index (χ4v) is 0. The van der Waals surface area contributed by atoms with E-state index in [2.05, 4.69) is 0 Å². The zero-order chi connectivity index (χ0) is 0. The number of hydrogen-bond donors (Lipinski definition) is 0. The Bertz CT molecular complexity index is 25.3. The van der Waals surface area contributed by atoms with Crippen LogP contribution in [-0.2, 0) is 128 Å². The third kappa shape index (κ3) is 85.6. The predicted octanol–water partition coefficient (Wildman–Crippen LogP) is -0.371. The van der Waals surface area contributed by atoms with E-state index < -0.39 is 0 Å². The summed E-state index contributed by atoms with van der Waals surface area (Å²) < 4.78 is 0. The van der Waals surface area contributed by atoms with Crippen molar-refractivity contribution >= 4 is 0 Å². The molecule has 0 aliphatic rings. The fraction of sp³-hybridized carbons (Fsp3) is 0. The van der Waals surface area contributed by atoms with E-state index in [4.69, 9.17) is 0 Å². The average molecular weight is 771 g/mol. The first kappa shape index (κ1) is 118. The van der Waals surface area contributed by atoms with Gasteiger partial charge in [0.1, 0.15) is 0 Å². The van der Waals surface area contributed by atoms with Crippen molar-refractivity contribution in [3.8, 4) is 0 Å². The van der Waals surface area contributed by atoms with Gasteiger partial charge in [0, 0.05) is 112 Å². The van der Waals surface area contributed by atoms with Gasteiger partial charge in [0.15, 0.2) is 0 Å². The Morgan fingerprint density at radius 2 is 0.455 bits per heavy atom. The molecule has 0 rings (SSSR count). The molecule has 0 heterocycles. The molecule has 0 saturated carbocycles. The van der Waals surface area contributed by atoms with Crippen molar-refractivity contribution in [2.45, 2.75) is 0 Å². The molecule has 0 atom stereocenters. The van der Waals surface area contributed by atoms with E-state index in [9.17, 15) is 0 Å². The third-order valence-corrected chi connectivity index (χ3v) is 0. The summed E-state index contributed by atoms with van der Waals surface area (Å²) in [5.74, 6) is 0. The molecule has 0 aliphatic heterocycles. The molecule has 0 spiro atoms. The van der Waals surface area contributed by atoms with Gasteiger partial charge in [-0.05, 0) is 0 Å². The number of hydrogen-bond acceptors (Lipinski definition) is 0. The summed E-state index contributed by atoms with van der Waals surface area (Å²) in [7, 11) is 0. The fourth-order valence-electron chi connectivity index (χ4n) is 0. The van der Waals surface area contributed by atoms with E-state index in [1.54, 1.807) is 0 Å². The van der Waals surface area contributed by atoms with Crippen LogP contribution < -0.4 is 0 Å². The first-order valence-corrected chi connectivity index (χ1v) is 0. The van der Waals surface area contributed by atoms with Gasteiger partial charge in [-0.1, -0.05) is 0 Å². The van der Waals surface area contributed by atoms with Crippen LogP contribution >= 0.6 is 0 Å². The molecule has 3 nitrogen and oxygen atoms in total. The molecule has 0 unspecified atom stereocenters. The summed E-state index contributed by atoms with van der Waals surface area (Å²) in [6.45, 7) is 0. The molecule has 0 N–H and O–H groups in total. The van der Waals surface area contributed by atoms with Gasteiger partial charge in [-0.2, -0.15) is 0 Å². The summed E-state index contributed by atoms with van der Waals surface area (Å²) in [4.78, 5) is 0. The summed E-state index contributed by atoms with van der Waals surface area (Å²) in [5, 5.41) is 0.